The molecule has 8 bridgehead atoms. The molecule has 0 radical (unpaired) electrons. The van der Waals surface area contributed by atoms with E-state index in [0.717, 1.165) is 44.7 Å². The third-order valence-electron chi connectivity index (χ3n) is 10.8. The molecule has 0 saturated heterocycles. The van der Waals surface area contributed by atoms with Gasteiger partial charge in [-0.05, 0) is 94.3 Å². The summed E-state index contributed by atoms with van der Waals surface area (Å²) in [6, 6.07) is 21.2. The number of aromatic nitrogens is 8. The Morgan fingerprint density at radius 2 is 0.707 bits per heavy atom. The predicted molar refractivity (Wildman–Crippen MR) is 266 cm³/mol. The van der Waals surface area contributed by atoms with Crippen LogP contribution >= 0.6 is 0 Å². The molecule has 75 heavy (non-hydrogen) atoms. The van der Waals surface area contributed by atoms with Crippen molar-refractivity contribution in [2.45, 2.75) is 6.42 Å². The van der Waals surface area contributed by atoms with Crippen molar-refractivity contribution in [1.82, 2.24) is 39.9 Å². The van der Waals surface area contributed by atoms with Gasteiger partial charge in [0.15, 0.2) is 0 Å². The summed E-state index contributed by atoms with van der Waals surface area (Å²) in [5, 5.41) is 2.30. The van der Waals surface area contributed by atoms with Crippen LogP contribution in [0.4, 0.5) is 0 Å². The molecular weight excluding hydrogens is 1000 g/mol. The molecule has 22 heteroatoms. The molecule has 5 heterocycles. The van der Waals surface area contributed by atoms with Gasteiger partial charge in [0.25, 0.3) is 0 Å². The maximum atomic E-state index is 11.7. The molecular formula is C53H42N8O13Ti. The van der Waals surface area contributed by atoms with Crippen molar-refractivity contribution in [3.63, 3.8) is 0 Å². The first-order valence-electron chi connectivity index (χ1n) is 22.8. The molecule has 3 aromatic heterocycles. The number of hydrogen-bond acceptors (Lipinski definition) is 19. The molecule has 4 aromatic carbocycles. The van der Waals surface area contributed by atoms with Gasteiger partial charge in [0.1, 0.15) is 62.6 Å². The van der Waals surface area contributed by atoms with Crippen LogP contribution in [0.5, 0.6) is 23.0 Å². The Bertz CT molecular complexity index is 3570. The van der Waals surface area contributed by atoms with E-state index in [1.165, 1.54) is 0 Å². The number of benzene rings is 4. The fourth-order valence-electron chi connectivity index (χ4n) is 7.50. The van der Waals surface area contributed by atoms with Crippen molar-refractivity contribution < 1.29 is 80.8 Å². The van der Waals surface area contributed by atoms with Crippen molar-refractivity contribution in [1.29, 1.82) is 0 Å². The van der Waals surface area contributed by atoms with Gasteiger partial charge in [0.2, 0.25) is 0 Å². The summed E-state index contributed by atoms with van der Waals surface area (Å²) in [6.07, 6.45) is 4.73. The molecule has 9 rings (SSSR count). The van der Waals surface area contributed by atoms with Gasteiger partial charge in [0, 0.05) is 75.6 Å². The number of nitrogens with zero attached hydrogens (tertiary/aromatic N) is 8. The number of rotatable bonds is 21. The van der Waals surface area contributed by atoms with E-state index in [2.05, 4.69) is 26.3 Å². The standard InChI is InChI=1S/C53H42N8O12.O.Ti/c1-5-42(62)70-19-9-18-66-30-10-14-34-38(26-30)50-56-46(34)54-47-36-16-12-32(68-21-24-72-44(64)7-3)28-40(36)52(58-47)61-53-41-29-33(69-22-25-73-45(65)8-4)13-17-37(41)49(59-53)55-48-35-15-11-31(27-39(35)51(57-48)60-50)67-20-23-71-43(63)6-2;;/h5-8,10-17,26-29H,1-4,9,18-25H2;;/q-2;;+2. The summed E-state index contributed by atoms with van der Waals surface area (Å²) in [4.78, 5) is 86.7. The normalized spacial score (nSPS) is 10.9. The van der Waals surface area contributed by atoms with Crippen molar-refractivity contribution in [2.24, 2.45) is 0 Å². The Morgan fingerprint density at radius 3 is 1.09 bits per heavy atom. The van der Waals surface area contributed by atoms with E-state index < -0.39 is 23.9 Å². The molecule has 0 unspecified atom stereocenters. The first-order chi connectivity index (χ1) is 36.6. The summed E-state index contributed by atoms with van der Waals surface area (Å²) >= 11 is 0.750. The average molecular weight is 1050 g/mol. The summed E-state index contributed by atoms with van der Waals surface area (Å²) in [6.45, 7) is 14.2. The van der Waals surface area contributed by atoms with Crippen LogP contribution in [0, 0.1) is 0 Å². The zero-order valence-electron chi connectivity index (χ0n) is 39.8. The summed E-state index contributed by atoms with van der Waals surface area (Å²) < 4.78 is 52.7. The molecule has 0 spiro atoms. The number of fused-ring (bicyclic) bond motifs is 20. The van der Waals surface area contributed by atoms with Gasteiger partial charge < -0.3 is 67.8 Å². The van der Waals surface area contributed by atoms with Crippen molar-refractivity contribution >= 4 is 68.0 Å². The number of ether oxygens (including phenoxy) is 8. The second-order valence-corrected chi connectivity index (χ2v) is 15.5. The maximum absolute atomic E-state index is 11.7. The Labute approximate surface area is 438 Å². The second-order valence-electron chi connectivity index (χ2n) is 15.5. The van der Waals surface area contributed by atoms with Crippen LogP contribution in [0.15, 0.2) is 123 Å². The number of hydrogen-bond donors (Lipinski definition) is 0. The molecule has 376 valence electrons. The zero-order valence-corrected chi connectivity index (χ0v) is 41.4. The topological polar surface area (TPSA) is 265 Å². The van der Waals surface area contributed by atoms with E-state index in [9.17, 15) is 19.2 Å². The fourth-order valence-corrected chi connectivity index (χ4v) is 7.50. The minimum absolute atomic E-state index is 0.0163. The van der Waals surface area contributed by atoms with Crippen molar-refractivity contribution in [3.05, 3.63) is 123 Å². The van der Waals surface area contributed by atoms with E-state index in [-0.39, 0.29) is 98.7 Å². The van der Waals surface area contributed by atoms with E-state index >= 15 is 0 Å². The van der Waals surface area contributed by atoms with Crippen molar-refractivity contribution in [2.75, 3.05) is 52.9 Å². The van der Waals surface area contributed by atoms with Gasteiger partial charge in [-0.15, -0.1) is 0 Å². The summed E-state index contributed by atoms with van der Waals surface area (Å²) in [7, 11) is 0. The summed E-state index contributed by atoms with van der Waals surface area (Å²) in [5.74, 6) is 0.573. The van der Waals surface area contributed by atoms with Crippen molar-refractivity contribution in [3.8, 4) is 68.5 Å². The Hall–Kier alpha value is -9.21. The average Bonchev–Trinajstić information content (AvgIpc) is 4.17. The molecule has 0 amide bonds. The minimum atomic E-state index is -0.576. The molecule has 7 aromatic rings. The van der Waals surface area contributed by atoms with E-state index in [0.29, 0.717) is 73.2 Å². The van der Waals surface area contributed by atoms with Gasteiger partial charge >= 0.3 is 47.6 Å². The number of carbonyl (C=O) groups is 4. The van der Waals surface area contributed by atoms with Crippen LogP contribution in [0.1, 0.15) is 6.42 Å². The SMILES string of the molecule is C=CC(=O)OCCCOc1ccc2c(c1)-c1nc-2nc2[n-]c(nc3nc(nc4[n-]c(n1)c1cc(OCCOC(=O)C=C)ccc41)-c1ccc(OCCOC(=O)C=C)cc1-3)c1cc(OCCOC(=O)C=C)ccc21.[O]=[Ti+2]. The monoisotopic (exact) mass is 1050 g/mol. The molecule has 0 saturated carbocycles. The van der Waals surface area contributed by atoms with Gasteiger partial charge in [0.05, 0.1) is 36.5 Å². The molecule has 2 aliphatic rings. The Kier molecular flexibility index (Phi) is 17.0. The van der Waals surface area contributed by atoms with E-state index in [1.54, 1.807) is 66.7 Å². The van der Waals surface area contributed by atoms with Crippen LogP contribution in [0.25, 0.3) is 89.7 Å². The Morgan fingerprint density at radius 1 is 0.387 bits per heavy atom. The third kappa shape index (κ3) is 12.4. The van der Waals surface area contributed by atoms with E-state index in [4.69, 9.17) is 81.1 Å². The molecule has 21 nitrogen and oxygen atoms in total. The van der Waals surface area contributed by atoms with Crippen LogP contribution < -0.4 is 28.9 Å². The fraction of sp³-hybridized carbons (Fsp3) is 0.170. The van der Waals surface area contributed by atoms with Crippen LogP contribution in [0.3, 0.4) is 0 Å². The molecule has 0 N–H and O–H groups in total. The first-order valence-corrected chi connectivity index (χ1v) is 23.4. The molecule has 0 atom stereocenters. The third-order valence-corrected chi connectivity index (χ3v) is 10.8. The predicted octanol–water partition coefficient (Wildman–Crippen LogP) is 6.83. The van der Waals surface area contributed by atoms with E-state index in [1.807, 2.05) is 6.07 Å². The van der Waals surface area contributed by atoms with Crippen LogP contribution in [-0.4, -0.2) is 107 Å². The number of esters is 4. The molecule has 0 fully saturated rings. The van der Waals surface area contributed by atoms with Crippen LogP contribution in [-0.2, 0) is 61.9 Å². The first kappa shape index (κ1) is 52.1. The quantitative estimate of drug-likeness (QED) is 0.0235. The van der Waals surface area contributed by atoms with Gasteiger partial charge in [-0.25, -0.2) is 29.1 Å². The zero-order chi connectivity index (χ0) is 52.8. The Balaban J connectivity index is 0.00000369. The second kappa shape index (κ2) is 24.5. The molecule has 2 aliphatic heterocycles. The van der Waals surface area contributed by atoms with Gasteiger partial charge in [-0.3, -0.25) is 0 Å². The van der Waals surface area contributed by atoms with Gasteiger partial charge in [-0.2, -0.15) is 0 Å². The number of carbonyl (C=O) groups excluding carboxylic acids is 4. The summed E-state index contributed by atoms with van der Waals surface area (Å²) in [5.41, 5.74) is 3.34. The molecule has 0 aliphatic carbocycles. The van der Waals surface area contributed by atoms with Gasteiger partial charge in [-0.1, -0.05) is 26.3 Å². The van der Waals surface area contributed by atoms with Crippen LogP contribution in [0.2, 0.25) is 0 Å².